The number of esters is 2. The van der Waals surface area contributed by atoms with Crippen LogP contribution in [-0.2, 0) is 9.47 Å². The minimum absolute atomic E-state index is 0.143. The van der Waals surface area contributed by atoms with Crippen molar-refractivity contribution < 1.29 is 19.1 Å². The molecule has 0 spiro atoms. The Morgan fingerprint density at radius 3 is 2.22 bits per heavy atom. The molecule has 0 amide bonds. The summed E-state index contributed by atoms with van der Waals surface area (Å²) < 4.78 is 11.3. The van der Waals surface area contributed by atoms with Gasteiger partial charge in [0, 0.05) is 11.8 Å². The molecule has 0 aliphatic rings. The third kappa shape index (κ3) is 2.34. The summed E-state index contributed by atoms with van der Waals surface area (Å²) in [6.07, 6.45) is 1.58. The van der Waals surface area contributed by atoms with Crippen molar-refractivity contribution >= 4 is 17.5 Å². The van der Waals surface area contributed by atoms with Crippen molar-refractivity contribution in [1.29, 1.82) is 0 Å². The van der Waals surface area contributed by atoms with E-state index >= 15 is 0 Å². The second-order valence-electron chi connectivity index (χ2n) is 4.77. The molecule has 0 radical (unpaired) electrons. The van der Waals surface area contributed by atoms with E-state index < -0.39 is 11.9 Å². The number of hydrogen-bond acceptors (Lipinski definition) is 5. The number of carbonyl (C=O) groups is 2. The average Bonchev–Trinajstić information content (AvgIpc) is 2.96. The Bertz CT molecular complexity index is 884. The van der Waals surface area contributed by atoms with Gasteiger partial charge in [0.05, 0.1) is 25.4 Å². The largest absolute Gasteiger partial charge is 0.465 e. The molecule has 0 fully saturated rings. The Morgan fingerprint density at radius 1 is 0.913 bits per heavy atom. The molecule has 6 nitrogen and oxygen atoms in total. The van der Waals surface area contributed by atoms with Crippen molar-refractivity contribution in [3.05, 3.63) is 59.8 Å². The summed E-state index contributed by atoms with van der Waals surface area (Å²) in [5.74, 6) is -1.23. The van der Waals surface area contributed by atoms with Gasteiger partial charge in [-0.2, -0.15) is 5.10 Å². The predicted molar refractivity (Wildman–Crippen MR) is 83.3 cm³/mol. The fourth-order valence-corrected chi connectivity index (χ4v) is 2.56. The zero-order chi connectivity index (χ0) is 16.4. The van der Waals surface area contributed by atoms with E-state index in [0.717, 1.165) is 5.56 Å². The van der Waals surface area contributed by atoms with Crippen LogP contribution in [0.1, 0.15) is 20.7 Å². The molecule has 0 atom stereocenters. The molecular weight excluding hydrogens is 296 g/mol. The second kappa shape index (κ2) is 5.92. The van der Waals surface area contributed by atoms with E-state index in [0.29, 0.717) is 11.2 Å². The van der Waals surface area contributed by atoms with Crippen LogP contribution in [0.3, 0.4) is 0 Å². The summed E-state index contributed by atoms with van der Waals surface area (Å²) in [7, 11) is 2.54. The second-order valence-corrected chi connectivity index (χ2v) is 4.77. The quantitative estimate of drug-likeness (QED) is 0.695. The molecule has 0 bridgehead atoms. The number of carbonyl (C=O) groups excluding carboxylic acids is 2. The Hall–Kier alpha value is -3.15. The van der Waals surface area contributed by atoms with E-state index in [-0.39, 0.29) is 11.1 Å². The van der Waals surface area contributed by atoms with E-state index in [2.05, 4.69) is 5.10 Å². The number of nitrogens with zero attached hydrogens (tertiary/aromatic N) is 2. The van der Waals surface area contributed by atoms with Gasteiger partial charge in [-0.25, -0.2) is 14.1 Å². The third-order valence-electron chi connectivity index (χ3n) is 3.53. The third-order valence-corrected chi connectivity index (χ3v) is 3.53. The standard InChI is InChI=1S/C17H14N2O4/c1-22-16(20)13-12-9-6-10-18-19(12)15(14(13)17(21)23-2)11-7-4-3-5-8-11/h3-10H,1-2H3. The summed E-state index contributed by atoms with van der Waals surface area (Å²) in [6.45, 7) is 0. The molecule has 3 rings (SSSR count). The first-order chi connectivity index (χ1) is 11.2. The van der Waals surface area contributed by atoms with Gasteiger partial charge in [0.1, 0.15) is 11.1 Å². The van der Waals surface area contributed by atoms with Crippen molar-refractivity contribution in [2.75, 3.05) is 14.2 Å². The molecule has 1 aromatic carbocycles. The molecule has 2 heterocycles. The topological polar surface area (TPSA) is 69.9 Å². The number of ether oxygens (including phenoxy) is 2. The van der Waals surface area contributed by atoms with E-state index in [4.69, 9.17) is 9.47 Å². The lowest BCUT2D eigenvalue weighted by Crippen LogP contribution is -2.10. The van der Waals surface area contributed by atoms with E-state index in [1.54, 1.807) is 22.8 Å². The van der Waals surface area contributed by atoms with Crippen LogP contribution in [-0.4, -0.2) is 35.8 Å². The van der Waals surface area contributed by atoms with Gasteiger partial charge in [0.25, 0.3) is 0 Å². The van der Waals surface area contributed by atoms with Crippen LogP contribution in [0.5, 0.6) is 0 Å². The van der Waals surface area contributed by atoms with Crippen molar-refractivity contribution in [1.82, 2.24) is 9.61 Å². The smallest absolute Gasteiger partial charge is 0.341 e. The Balaban J connectivity index is 2.47. The van der Waals surface area contributed by atoms with Crippen molar-refractivity contribution in [2.24, 2.45) is 0 Å². The molecular formula is C17H14N2O4. The molecule has 23 heavy (non-hydrogen) atoms. The first kappa shape index (κ1) is 14.8. The number of methoxy groups -OCH3 is 2. The highest BCUT2D eigenvalue weighted by molar-refractivity contribution is 6.12. The summed E-state index contributed by atoms with van der Waals surface area (Å²) in [5.41, 5.74) is 2.01. The average molecular weight is 310 g/mol. The normalized spacial score (nSPS) is 10.5. The highest BCUT2D eigenvalue weighted by Crippen LogP contribution is 2.32. The molecule has 0 saturated heterocycles. The van der Waals surface area contributed by atoms with Crippen LogP contribution in [0.15, 0.2) is 48.7 Å². The van der Waals surface area contributed by atoms with Crippen LogP contribution in [0.25, 0.3) is 16.8 Å². The number of aromatic nitrogens is 2. The lowest BCUT2D eigenvalue weighted by Gasteiger charge is -2.05. The van der Waals surface area contributed by atoms with Crippen LogP contribution < -0.4 is 0 Å². The summed E-state index contributed by atoms with van der Waals surface area (Å²) >= 11 is 0. The molecule has 3 aromatic rings. The number of rotatable bonds is 3. The van der Waals surface area contributed by atoms with Gasteiger partial charge < -0.3 is 9.47 Å². The summed E-state index contributed by atoms with van der Waals surface area (Å²) in [6, 6.07) is 12.6. The molecule has 0 aliphatic carbocycles. The minimum Gasteiger partial charge on any atom is -0.465 e. The Morgan fingerprint density at radius 2 is 1.57 bits per heavy atom. The fourth-order valence-electron chi connectivity index (χ4n) is 2.56. The van der Waals surface area contributed by atoms with E-state index in [1.807, 2.05) is 30.3 Å². The summed E-state index contributed by atoms with van der Waals surface area (Å²) in [4.78, 5) is 24.6. The lowest BCUT2D eigenvalue weighted by molar-refractivity contribution is 0.0558. The maximum Gasteiger partial charge on any atom is 0.341 e. The van der Waals surface area contributed by atoms with Gasteiger partial charge in [-0.3, -0.25) is 0 Å². The van der Waals surface area contributed by atoms with Gasteiger partial charge in [-0.15, -0.1) is 0 Å². The maximum absolute atomic E-state index is 12.3. The van der Waals surface area contributed by atoms with Gasteiger partial charge in [-0.05, 0) is 12.1 Å². The van der Waals surface area contributed by atoms with Gasteiger partial charge in [0.2, 0.25) is 0 Å². The zero-order valence-electron chi connectivity index (χ0n) is 12.6. The number of benzene rings is 1. The predicted octanol–water partition coefficient (Wildman–Crippen LogP) is 2.57. The van der Waals surface area contributed by atoms with Crippen LogP contribution in [0.4, 0.5) is 0 Å². The van der Waals surface area contributed by atoms with Crippen molar-refractivity contribution in [2.45, 2.75) is 0 Å². The highest BCUT2D eigenvalue weighted by Gasteiger charge is 2.30. The van der Waals surface area contributed by atoms with Crippen LogP contribution in [0, 0.1) is 0 Å². The number of hydrogen-bond donors (Lipinski definition) is 0. The van der Waals surface area contributed by atoms with E-state index in [9.17, 15) is 9.59 Å². The molecule has 0 N–H and O–H groups in total. The molecule has 116 valence electrons. The Kier molecular flexibility index (Phi) is 3.80. The molecule has 0 unspecified atom stereocenters. The van der Waals surface area contributed by atoms with E-state index in [1.165, 1.54) is 14.2 Å². The lowest BCUT2D eigenvalue weighted by atomic mass is 10.0. The first-order valence-electron chi connectivity index (χ1n) is 6.90. The minimum atomic E-state index is -0.616. The maximum atomic E-state index is 12.3. The molecule has 6 heteroatoms. The molecule has 0 aliphatic heterocycles. The monoisotopic (exact) mass is 310 g/mol. The SMILES string of the molecule is COC(=O)c1c(C(=O)OC)c2cccnn2c1-c1ccccc1. The fraction of sp³-hybridized carbons (Fsp3) is 0.118. The van der Waals surface area contributed by atoms with Gasteiger partial charge in [-0.1, -0.05) is 30.3 Å². The summed E-state index contributed by atoms with van der Waals surface area (Å²) in [5, 5.41) is 4.27. The molecule has 2 aromatic heterocycles. The first-order valence-corrected chi connectivity index (χ1v) is 6.90. The zero-order valence-corrected chi connectivity index (χ0v) is 12.6. The van der Waals surface area contributed by atoms with Crippen molar-refractivity contribution in [3.8, 4) is 11.3 Å². The number of fused-ring (bicyclic) bond motifs is 1. The van der Waals surface area contributed by atoms with Crippen LogP contribution >= 0.6 is 0 Å². The molecule has 0 saturated carbocycles. The van der Waals surface area contributed by atoms with Gasteiger partial charge in [0.15, 0.2) is 0 Å². The van der Waals surface area contributed by atoms with Crippen LogP contribution in [0.2, 0.25) is 0 Å². The highest BCUT2D eigenvalue weighted by atomic mass is 16.5. The Labute approximate surface area is 132 Å². The van der Waals surface area contributed by atoms with Crippen molar-refractivity contribution in [3.63, 3.8) is 0 Å². The van der Waals surface area contributed by atoms with Gasteiger partial charge >= 0.3 is 11.9 Å².